The van der Waals surface area contributed by atoms with E-state index in [0.717, 1.165) is 24.2 Å². The second-order valence-corrected chi connectivity index (χ2v) is 9.52. The van der Waals surface area contributed by atoms with E-state index in [1.165, 1.54) is 21.1 Å². The predicted octanol–water partition coefficient (Wildman–Crippen LogP) is 1.65. The maximum absolute atomic E-state index is 12.8. The second kappa shape index (κ2) is 8.27. The first-order valence-corrected chi connectivity index (χ1v) is 11.5. The molecule has 0 unspecified atom stereocenters. The molecule has 0 spiro atoms. The van der Waals surface area contributed by atoms with Gasteiger partial charge in [-0.15, -0.1) is 0 Å². The third-order valence-electron chi connectivity index (χ3n) is 5.57. The zero-order valence-electron chi connectivity index (χ0n) is 17.1. The van der Waals surface area contributed by atoms with Gasteiger partial charge in [0.1, 0.15) is 17.2 Å². The highest BCUT2D eigenvalue weighted by Crippen LogP contribution is 2.24. The number of sulfonamides is 1. The van der Waals surface area contributed by atoms with Gasteiger partial charge in [-0.05, 0) is 31.0 Å². The Morgan fingerprint density at radius 3 is 2.26 bits per heavy atom. The summed E-state index contributed by atoms with van der Waals surface area (Å²) in [5, 5.41) is 0. The molecule has 0 aliphatic carbocycles. The summed E-state index contributed by atoms with van der Waals surface area (Å²) in [5.41, 5.74) is 0.737. The molecule has 0 atom stereocenters. The number of hydrogen-bond donors (Lipinski definition) is 0. The lowest BCUT2D eigenvalue weighted by molar-refractivity contribution is 0.0412. The molecule has 3 heterocycles. The molecular weight excluding hydrogens is 422 g/mol. The Morgan fingerprint density at radius 1 is 1.03 bits per heavy atom. The van der Waals surface area contributed by atoms with Crippen molar-refractivity contribution in [2.75, 3.05) is 26.2 Å². The number of ether oxygens (including phenoxy) is 1. The summed E-state index contributed by atoms with van der Waals surface area (Å²) >= 11 is 0. The largest absolute Gasteiger partial charge is 0.459 e. The molecule has 9 nitrogen and oxygen atoms in total. The topological polar surface area (TPSA) is 106 Å². The number of piperidine rings is 1. The van der Waals surface area contributed by atoms with Gasteiger partial charge in [0, 0.05) is 26.3 Å². The predicted molar refractivity (Wildman–Crippen MR) is 110 cm³/mol. The Morgan fingerprint density at radius 2 is 1.65 bits per heavy atom. The molecule has 0 N–H and O–H groups in total. The minimum Gasteiger partial charge on any atom is -0.459 e. The van der Waals surface area contributed by atoms with E-state index in [-0.39, 0.29) is 23.7 Å². The number of rotatable bonds is 6. The molecule has 2 aliphatic heterocycles. The SMILES string of the molecule is Cn1cc(S(=O)(=O)N2CCCCC2)cc1C(=O)OCCN1C(=O)c2ccccc2C1=O. The number of imide groups is 1. The summed E-state index contributed by atoms with van der Waals surface area (Å²) < 4.78 is 33.7. The van der Waals surface area contributed by atoms with E-state index in [1.54, 1.807) is 31.3 Å². The van der Waals surface area contributed by atoms with Crippen molar-refractivity contribution in [1.29, 1.82) is 0 Å². The Balaban J connectivity index is 1.40. The molecule has 0 bridgehead atoms. The molecule has 164 valence electrons. The Bertz CT molecular complexity index is 1110. The average Bonchev–Trinajstić information content (AvgIpc) is 3.28. The third-order valence-corrected chi connectivity index (χ3v) is 7.43. The summed E-state index contributed by atoms with van der Waals surface area (Å²) in [6.07, 6.45) is 4.04. The molecular formula is C21H23N3O6S. The van der Waals surface area contributed by atoms with Crippen LogP contribution in [0.3, 0.4) is 0 Å². The van der Waals surface area contributed by atoms with E-state index in [4.69, 9.17) is 4.74 Å². The van der Waals surface area contributed by atoms with Crippen molar-refractivity contribution < 1.29 is 27.5 Å². The molecule has 0 radical (unpaired) electrons. The molecule has 1 fully saturated rings. The van der Waals surface area contributed by atoms with Crippen LogP contribution in [-0.4, -0.2) is 66.2 Å². The van der Waals surface area contributed by atoms with Gasteiger partial charge in [0.25, 0.3) is 11.8 Å². The summed E-state index contributed by atoms with van der Waals surface area (Å²) in [6, 6.07) is 7.82. The zero-order valence-corrected chi connectivity index (χ0v) is 17.9. The number of amides is 2. The van der Waals surface area contributed by atoms with Crippen LogP contribution in [0.5, 0.6) is 0 Å². The van der Waals surface area contributed by atoms with Crippen LogP contribution in [0.2, 0.25) is 0 Å². The van der Waals surface area contributed by atoms with Crippen molar-refractivity contribution in [2.24, 2.45) is 7.05 Å². The number of fused-ring (bicyclic) bond motifs is 1. The molecule has 2 aromatic rings. The van der Waals surface area contributed by atoms with Gasteiger partial charge in [-0.25, -0.2) is 13.2 Å². The average molecular weight is 445 g/mol. The van der Waals surface area contributed by atoms with E-state index in [0.29, 0.717) is 24.2 Å². The molecule has 1 aromatic carbocycles. The van der Waals surface area contributed by atoms with Crippen LogP contribution >= 0.6 is 0 Å². The lowest BCUT2D eigenvalue weighted by Crippen LogP contribution is -2.35. The van der Waals surface area contributed by atoms with Crippen molar-refractivity contribution in [3.8, 4) is 0 Å². The first-order valence-electron chi connectivity index (χ1n) is 10.1. The van der Waals surface area contributed by atoms with E-state index in [1.807, 2.05) is 0 Å². The van der Waals surface area contributed by atoms with Gasteiger partial charge in [-0.2, -0.15) is 4.31 Å². The van der Waals surface area contributed by atoms with Crippen LogP contribution < -0.4 is 0 Å². The van der Waals surface area contributed by atoms with Gasteiger partial charge >= 0.3 is 5.97 Å². The monoisotopic (exact) mass is 445 g/mol. The van der Waals surface area contributed by atoms with Gasteiger partial charge < -0.3 is 9.30 Å². The summed E-state index contributed by atoms with van der Waals surface area (Å²) in [7, 11) is -2.10. The number of esters is 1. The van der Waals surface area contributed by atoms with Crippen LogP contribution in [0.25, 0.3) is 0 Å². The van der Waals surface area contributed by atoms with E-state index in [9.17, 15) is 22.8 Å². The maximum atomic E-state index is 12.8. The summed E-state index contributed by atoms with van der Waals surface area (Å²) in [5.74, 6) is -1.57. The van der Waals surface area contributed by atoms with E-state index >= 15 is 0 Å². The van der Waals surface area contributed by atoms with Crippen LogP contribution in [0.15, 0.2) is 41.4 Å². The van der Waals surface area contributed by atoms with Crippen LogP contribution in [0.1, 0.15) is 50.5 Å². The number of carbonyl (C=O) groups is 3. The fourth-order valence-corrected chi connectivity index (χ4v) is 5.47. The van der Waals surface area contributed by atoms with Gasteiger partial charge in [0.15, 0.2) is 0 Å². The molecule has 10 heteroatoms. The fraction of sp³-hybridized carbons (Fsp3) is 0.381. The Kier molecular flexibility index (Phi) is 5.67. The quantitative estimate of drug-likeness (QED) is 0.495. The fourth-order valence-electron chi connectivity index (χ4n) is 3.88. The van der Waals surface area contributed by atoms with E-state index < -0.39 is 27.8 Å². The first kappa shape index (κ1) is 21.3. The minimum absolute atomic E-state index is 0.0456. The highest BCUT2D eigenvalue weighted by molar-refractivity contribution is 7.89. The molecule has 4 rings (SSSR count). The number of carbonyl (C=O) groups excluding carboxylic acids is 3. The highest BCUT2D eigenvalue weighted by Gasteiger charge is 2.35. The number of aromatic nitrogens is 1. The lowest BCUT2D eigenvalue weighted by atomic mass is 10.1. The molecule has 0 saturated carbocycles. The van der Waals surface area contributed by atoms with Crippen molar-refractivity contribution in [1.82, 2.24) is 13.8 Å². The van der Waals surface area contributed by atoms with Gasteiger partial charge in [-0.3, -0.25) is 14.5 Å². The lowest BCUT2D eigenvalue weighted by Gasteiger charge is -2.25. The van der Waals surface area contributed by atoms with Crippen molar-refractivity contribution in [2.45, 2.75) is 24.2 Å². The summed E-state index contributed by atoms with van der Waals surface area (Å²) in [4.78, 5) is 38.3. The van der Waals surface area contributed by atoms with Gasteiger partial charge in [0.2, 0.25) is 10.0 Å². The van der Waals surface area contributed by atoms with Crippen LogP contribution in [0.4, 0.5) is 0 Å². The summed E-state index contributed by atoms with van der Waals surface area (Å²) in [6.45, 7) is 0.666. The molecule has 1 aromatic heterocycles. The molecule has 31 heavy (non-hydrogen) atoms. The zero-order chi connectivity index (χ0) is 22.2. The normalized spacial score (nSPS) is 17.1. The van der Waals surface area contributed by atoms with Crippen LogP contribution in [-0.2, 0) is 21.8 Å². The number of nitrogens with zero attached hydrogens (tertiary/aromatic N) is 3. The van der Waals surface area contributed by atoms with Gasteiger partial charge in [0.05, 0.1) is 17.7 Å². The van der Waals surface area contributed by atoms with Gasteiger partial charge in [-0.1, -0.05) is 18.6 Å². The molecule has 2 amide bonds. The van der Waals surface area contributed by atoms with Crippen molar-refractivity contribution >= 4 is 27.8 Å². The van der Waals surface area contributed by atoms with Crippen LogP contribution in [0, 0.1) is 0 Å². The van der Waals surface area contributed by atoms with Crippen molar-refractivity contribution in [3.63, 3.8) is 0 Å². The van der Waals surface area contributed by atoms with Crippen molar-refractivity contribution in [3.05, 3.63) is 53.3 Å². The molecule has 1 saturated heterocycles. The standard InChI is InChI=1S/C21H23N3O6S/c1-22-14-15(31(28,29)23-9-5-2-6-10-23)13-18(22)21(27)30-12-11-24-19(25)16-7-3-4-8-17(16)20(24)26/h3-4,7-8,13-14H,2,5-6,9-12H2,1H3. The third kappa shape index (κ3) is 3.88. The smallest absolute Gasteiger partial charge is 0.355 e. The van der Waals surface area contributed by atoms with E-state index in [2.05, 4.69) is 0 Å². The number of benzene rings is 1. The minimum atomic E-state index is -3.67. The molecule has 2 aliphatic rings. The Hall–Kier alpha value is -2.98. The highest BCUT2D eigenvalue weighted by atomic mass is 32.2. The number of aryl methyl sites for hydroxylation is 1. The number of hydrogen-bond acceptors (Lipinski definition) is 6. The maximum Gasteiger partial charge on any atom is 0.355 e. The first-order chi connectivity index (χ1) is 14.8. The second-order valence-electron chi connectivity index (χ2n) is 7.58. The Labute approximate surface area is 180 Å².